The van der Waals surface area contributed by atoms with Crippen molar-refractivity contribution in [1.29, 1.82) is 0 Å². The summed E-state index contributed by atoms with van der Waals surface area (Å²) in [5.41, 5.74) is 2.51. The molecule has 0 aliphatic rings. The highest BCUT2D eigenvalue weighted by atomic mass is 35.5. The minimum atomic E-state index is 0.729. The highest BCUT2D eigenvalue weighted by Crippen LogP contribution is 2.24. The van der Waals surface area contributed by atoms with Crippen LogP contribution in [0.15, 0.2) is 29.8 Å². The van der Waals surface area contributed by atoms with E-state index < -0.39 is 0 Å². The Labute approximate surface area is 103 Å². The quantitative estimate of drug-likeness (QED) is 0.680. The number of halogens is 1. The van der Waals surface area contributed by atoms with Crippen LogP contribution in [-0.4, -0.2) is 6.61 Å². The lowest BCUT2D eigenvalue weighted by atomic mass is 10.1. The monoisotopic (exact) mass is 238 g/mol. The van der Waals surface area contributed by atoms with Gasteiger partial charge in [0.1, 0.15) is 5.75 Å². The summed E-state index contributed by atoms with van der Waals surface area (Å²) in [4.78, 5) is 0. The van der Waals surface area contributed by atoms with Crippen LogP contribution in [0, 0.1) is 0 Å². The van der Waals surface area contributed by atoms with Crippen LogP contribution in [0.1, 0.15) is 32.8 Å². The van der Waals surface area contributed by atoms with E-state index in [-0.39, 0.29) is 0 Å². The van der Waals surface area contributed by atoms with Gasteiger partial charge in [0.05, 0.1) is 6.61 Å². The van der Waals surface area contributed by atoms with Gasteiger partial charge < -0.3 is 4.74 Å². The molecule has 1 aromatic rings. The minimum Gasteiger partial charge on any atom is -0.493 e. The normalized spacial score (nSPS) is 10.0. The molecule has 0 aliphatic heterocycles. The van der Waals surface area contributed by atoms with Crippen molar-refractivity contribution >= 4 is 11.6 Å². The molecule has 16 heavy (non-hydrogen) atoms. The SMILES string of the molecule is CCCOc1cc(Cl)ccc1CC=C(C)C. The molecule has 0 aliphatic carbocycles. The highest BCUT2D eigenvalue weighted by molar-refractivity contribution is 6.30. The largest absolute Gasteiger partial charge is 0.493 e. The molecule has 0 aromatic heterocycles. The van der Waals surface area contributed by atoms with Crippen molar-refractivity contribution in [3.8, 4) is 5.75 Å². The zero-order valence-electron chi connectivity index (χ0n) is 10.2. The number of hydrogen-bond acceptors (Lipinski definition) is 1. The third-order valence-corrected chi connectivity index (χ3v) is 2.46. The van der Waals surface area contributed by atoms with Gasteiger partial charge >= 0.3 is 0 Å². The van der Waals surface area contributed by atoms with E-state index in [9.17, 15) is 0 Å². The molecule has 0 amide bonds. The maximum atomic E-state index is 5.96. The third-order valence-electron chi connectivity index (χ3n) is 2.22. The van der Waals surface area contributed by atoms with Crippen LogP contribution >= 0.6 is 11.6 Å². The van der Waals surface area contributed by atoms with Gasteiger partial charge in [0.25, 0.3) is 0 Å². The van der Waals surface area contributed by atoms with Crippen molar-refractivity contribution < 1.29 is 4.74 Å². The minimum absolute atomic E-state index is 0.729. The fourth-order valence-corrected chi connectivity index (χ4v) is 1.52. The maximum Gasteiger partial charge on any atom is 0.124 e. The van der Waals surface area contributed by atoms with E-state index in [4.69, 9.17) is 16.3 Å². The zero-order chi connectivity index (χ0) is 12.0. The molecule has 0 bridgehead atoms. The highest BCUT2D eigenvalue weighted by Gasteiger charge is 2.03. The summed E-state index contributed by atoms with van der Waals surface area (Å²) in [6, 6.07) is 5.84. The van der Waals surface area contributed by atoms with Crippen molar-refractivity contribution in [2.75, 3.05) is 6.61 Å². The first-order valence-electron chi connectivity index (χ1n) is 5.68. The predicted octanol–water partition coefficient (Wildman–Crippen LogP) is 4.64. The molecule has 0 heterocycles. The predicted molar refractivity (Wildman–Crippen MR) is 70.4 cm³/mol. The second kappa shape index (κ2) is 6.59. The van der Waals surface area contributed by atoms with E-state index in [1.807, 2.05) is 18.2 Å². The van der Waals surface area contributed by atoms with Crippen molar-refractivity contribution in [3.63, 3.8) is 0 Å². The molecule has 0 radical (unpaired) electrons. The molecule has 0 unspecified atom stereocenters. The van der Waals surface area contributed by atoms with E-state index in [0.717, 1.165) is 30.2 Å². The average molecular weight is 239 g/mol. The van der Waals surface area contributed by atoms with Gasteiger partial charge in [0.15, 0.2) is 0 Å². The molecule has 0 saturated heterocycles. The van der Waals surface area contributed by atoms with E-state index in [2.05, 4.69) is 26.8 Å². The molecule has 0 N–H and O–H groups in total. The summed E-state index contributed by atoms with van der Waals surface area (Å²) in [6.07, 6.45) is 4.11. The Bertz CT molecular complexity index is 365. The van der Waals surface area contributed by atoms with Crippen LogP contribution < -0.4 is 4.74 Å². The third kappa shape index (κ3) is 4.28. The van der Waals surface area contributed by atoms with E-state index in [0.29, 0.717) is 0 Å². The lowest BCUT2D eigenvalue weighted by Gasteiger charge is -2.10. The van der Waals surface area contributed by atoms with Crippen LogP contribution in [0.25, 0.3) is 0 Å². The molecule has 1 rings (SSSR count). The van der Waals surface area contributed by atoms with Gasteiger partial charge in [0, 0.05) is 5.02 Å². The summed E-state index contributed by atoms with van der Waals surface area (Å²) in [7, 11) is 0. The van der Waals surface area contributed by atoms with Crippen molar-refractivity contribution in [3.05, 3.63) is 40.4 Å². The molecule has 1 nitrogen and oxygen atoms in total. The van der Waals surface area contributed by atoms with Crippen LogP contribution in [0.3, 0.4) is 0 Å². The summed E-state index contributed by atoms with van der Waals surface area (Å²) in [5, 5.41) is 0.729. The van der Waals surface area contributed by atoms with Gasteiger partial charge in [-0.2, -0.15) is 0 Å². The lowest BCUT2D eigenvalue weighted by molar-refractivity contribution is 0.315. The number of hydrogen-bond donors (Lipinski definition) is 0. The Balaban J connectivity index is 2.84. The van der Waals surface area contributed by atoms with Crippen molar-refractivity contribution in [2.24, 2.45) is 0 Å². The molecule has 88 valence electrons. The Morgan fingerprint density at radius 1 is 1.38 bits per heavy atom. The Morgan fingerprint density at radius 3 is 2.75 bits per heavy atom. The van der Waals surface area contributed by atoms with E-state index >= 15 is 0 Å². The molecule has 2 heteroatoms. The first-order valence-corrected chi connectivity index (χ1v) is 6.06. The maximum absolute atomic E-state index is 5.96. The van der Waals surface area contributed by atoms with Gasteiger partial charge in [-0.1, -0.05) is 36.2 Å². The van der Waals surface area contributed by atoms with E-state index in [1.54, 1.807) is 0 Å². The molecular formula is C14H19ClO. The summed E-state index contributed by atoms with van der Waals surface area (Å²) >= 11 is 5.96. The van der Waals surface area contributed by atoms with Crippen molar-refractivity contribution in [2.45, 2.75) is 33.6 Å². The average Bonchev–Trinajstić information content (AvgIpc) is 2.24. The summed E-state index contributed by atoms with van der Waals surface area (Å²) in [6.45, 7) is 7.04. The molecular weight excluding hydrogens is 220 g/mol. The smallest absolute Gasteiger partial charge is 0.124 e. The first kappa shape index (κ1) is 13.1. The fraction of sp³-hybridized carbons (Fsp3) is 0.429. The van der Waals surface area contributed by atoms with Gasteiger partial charge in [-0.3, -0.25) is 0 Å². The second-order valence-electron chi connectivity index (χ2n) is 4.09. The zero-order valence-corrected chi connectivity index (χ0v) is 11.0. The van der Waals surface area contributed by atoms with Crippen LogP contribution in [0.4, 0.5) is 0 Å². The fourth-order valence-electron chi connectivity index (χ4n) is 1.36. The first-order chi connectivity index (χ1) is 7.63. The Hall–Kier alpha value is -0.950. The number of benzene rings is 1. The summed E-state index contributed by atoms with van der Waals surface area (Å²) in [5.74, 6) is 0.909. The van der Waals surface area contributed by atoms with Gasteiger partial charge in [-0.15, -0.1) is 0 Å². The van der Waals surface area contributed by atoms with Crippen molar-refractivity contribution in [1.82, 2.24) is 0 Å². The van der Waals surface area contributed by atoms with E-state index in [1.165, 1.54) is 11.1 Å². The van der Waals surface area contributed by atoms with Crippen LogP contribution in [-0.2, 0) is 6.42 Å². The standard InChI is InChI=1S/C14H19ClO/c1-4-9-16-14-10-13(15)8-7-12(14)6-5-11(2)3/h5,7-8,10H,4,6,9H2,1-3H3. The topological polar surface area (TPSA) is 9.23 Å². The molecule has 0 saturated carbocycles. The number of rotatable bonds is 5. The van der Waals surface area contributed by atoms with Gasteiger partial charge in [0.2, 0.25) is 0 Å². The Kier molecular flexibility index (Phi) is 5.41. The molecule has 0 spiro atoms. The van der Waals surface area contributed by atoms with Crippen LogP contribution in [0.5, 0.6) is 5.75 Å². The van der Waals surface area contributed by atoms with Gasteiger partial charge in [-0.25, -0.2) is 0 Å². The molecule has 0 atom stereocenters. The lowest BCUT2D eigenvalue weighted by Crippen LogP contribution is -1.98. The Morgan fingerprint density at radius 2 is 2.12 bits per heavy atom. The number of ether oxygens (including phenoxy) is 1. The van der Waals surface area contributed by atoms with Crippen LogP contribution in [0.2, 0.25) is 5.02 Å². The molecule has 0 fully saturated rings. The van der Waals surface area contributed by atoms with Gasteiger partial charge in [-0.05, 0) is 44.4 Å². The summed E-state index contributed by atoms with van der Waals surface area (Å²) < 4.78 is 5.69. The number of allylic oxidation sites excluding steroid dienone is 2. The molecule has 1 aromatic carbocycles. The second-order valence-corrected chi connectivity index (χ2v) is 4.52.